The molecule has 0 aromatic heterocycles. The molecule has 0 saturated heterocycles. The topological polar surface area (TPSA) is 23.5 Å². The summed E-state index contributed by atoms with van der Waals surface area (Å²) in [5.41, 5.74) is 0.113. The zero-order chi connectivity index (χ0) is 15.5. The summed E-state index contributed by atoms with van der Waals surface area (Å²) in [6.07, 6.45) is 10.4. The van der Waals surface area contributed by atoms with E-state index in [1.54, 1.807) is 0 Å². The normalized spacial score (nSPS) is 30.4. The maximum absolute atomic E-state index is 10.7. The zero-order valence-corrected chi connectivity index (χ0v) is 14.8. The lowest BCUT2D eigenvalue weighted by molar-refractivity contribution is -0.0470. The second-order valence-electron chi connectivity index (χ2n) is 8.70. The molecular weight excluding hydrogens is 258 g/mol. The molecule has 2 rings (SSSR count). The van der Waals surface area contributed by atoms with Gasteiger partial charge < -0.3 is 10.0 Å². The van der Waals surface area contributed by atoms with Crippen molar-refractivity contribution in [2.45, 2.75) is 91.2 Å². The van der Waals surface area contributed by atoms with E-state index in [0.717, 1.165) is 18.5 Å². The molecule has 2 aliphatic rings. The predicted molar refractivity (Wildman–Crippen MR) is 90.4 cm³/mol. The summed E-state index contributed by atoms with van der Waals surface area (Å²) in [4.78, 5) is 2.74. The first-order valence-corrected chi connectivity index (χ1v) is 9.32. The van der Waals surface area contributed by atoms with Crippen LogP contribution in [0.5, 0.6) is 0 Å². The van der Waals surface area contributed by atoms with Crippen LogP contribution in [0.1, 0.15) is 79.1 Å². The molecule has 2 atom stereocenters. The van der Waals surface area contributed by atoms with Gasteiger partial charge in [-0.15, -0.1) is 0 Å². The number of hydrogen-bond acceptors (Lipinski definition) is 2. The first-order valence-electron chi connectivity index (χ1n) is 9.32. The zero-order valence-electron chi connectivity index (χ0n) is 14.8. The van der Waals surface area contributed by atoms with Gasteiger partial charge in [0, 0.05) is 12.6 Å². The smallest absolute Gasteiger partial charge is 0.0631 e. The van der Waals surface area contributed by atoms with Gasteiger partial charge in [0.1, 0.15) is 0 Å². The van der Waals surface area contributed by atoms with E-state index in [2.05, 4.69) is 32.6 Å². The van der Waals surface area contributed by atoms with E-state index in [-0.39, 0.29) is 11.5 Å². The van der Waals surface area contributed by atoms with Gasteiger partial charge in [-0.3, -0.25) is 0 Å². The summed E-state index contributed by atoms with van der Waals surface area (Å²) in [6, 6.07) is 0.793. The maximum atomic E-state index is 10.7. The summed E-state index contributed by atoms with van der Waals surface area (Å²) in [7, 11) is 0. The highest BCUT2D eigenvalue weighted by molar-refractivity contribution is 4.91. The van der Waals surface area contributed by atoms with Crippen LogP contribution < -0.4 is 0 Å². The molecule has 2 heteroatoms. The fourth-order valence-corrected chi connectivity index (χ4v) is 4.37. The molecule has 2 nitrogen and oxygen atoms in total. The Bertz CT molecular complexity index is 307. The lowest BCUT2D eigenvalue weighted by Crippen LogP contribution is -2.47. The average Bonchev–Trinajstić information content (AvgIpc) is 2.93. The molecule has 21 heavy (non-hydrogen) atoms. The highest BCUT2D eigenvalue weighted by Gasteiger charge is 2.39. The van der Waals surface area contributed by atoms with Crippen LogP contribution in [-0.2, 0) is 0 Å². The Morgan fingerprint density at radius 3 is 2.38 bits per heavy atom. The second kappa shape index (κ2) is 7.46. The van der Waals surface area contributed by atoms with Crippen LogP contribution in [0, 0.1) is 17.3 Å². The van der Waals surface area contributed by atoms with Crippen LogP contribution in [0.25, 0.3) is 0 Å². The van der Waals surface area contributed by atoms with Crippen LogP contribution in [0.2, 0.25) is 0 Å². The molecule has 1 N–H and O–H groups in total. The van der Waals surface area contributed by atoms with Crippen molar-refractivity contribution in [2.24, 2.45) is 17.3 Å². The molecule has 0 aromatic carbocycles. The van der Waals surface area contributed by atoms with E-state index in [9.17, 15) is 5.11 Å². The van der Waals surface area contributed by atoms with Crippen LogP contribution in [0.3, 0.4) is 0 Å². The number of hydrogen-bond donors (Lipinski definition) is 1. The minimum absolute atomic E-state index is 0.113. The summed E-state index contributed by atoms with van der Waals surface area (Å²) >= 11 is 0. The molecule has 2 fully saturated rings. The molecule has 0 bridgehead atoms. The third-order valence-electron chi connectivity index (χ3n) is 5.95. The number of aliphatic hydroxyl groups excluding tert-OH is 1. The summed E-state index contributed by atoms with van der Waals surface area (Å²) < 4.78 is 0. The maximum Gasteiger partial charge on any atom is 0.0631 e. The molecule has 0 amide bonds. The Labute approximate surface area is 132 Å². The SMILES string of the molecule is CC(C)CCN(CC1CCCC(C)(C)C1O)C1CCCC1. The molecule has 2 saturated carbocycles. The molecule has 2 aliphatic carbocycles. The van der Waals surface area contributed by atoms with Crippen LogP contribution in [-0.4, -0.2) is 35.2 Å². The van der Waals surface area contributed by atoms with Crippen molar-refractivity contribution in [3.63, 3.8) is 0 Å². The second-order valence-corrected chi connectivity index (χ2v) is 8.70. The highest BCUT2D eigenvalue weighted by Crippen LogP contribution is 2.40. The fraction of sp³-hybridized carbons (Fsp3) is 1.00. The summed E-state index contributed by atoms with van der Waals surface area (Å²) in [5, 5.41) is 10.7. The van der Waals surface area contributed by atoms with Crippen LogP contribution in [0.15, 0.2) is 0 Å². The number of aliphatic hydroxyl groups is 1. The molecule has 124 valence electrons. The Morgan fingerprint density at radius 2 is 1.76 bits per heavy atom. The van der Waals surface area contributed by atoms with Crippen molar-refractivity contribution in [1.29, 1.82) is 0 Å². The Kier molecular flexibility index (Phi) is 6.14. The van der Waals surface area contributed by atoms with Gasteiger partial charge in [-0.05, 0) is 55.9 Å². The van der Waals surface area contributed by atoms with Gasteiger partial charge in [-0.2, -0.15) is 0 Å². The lowest BCUT2D eigenvalue weighted by atomic mass is 9.69. The third kappa shape index (κ3) is 4.69. The minimum Gasteiger partial charge on any atom is -0.392 e. The van der Waals surface area contributed by atoms with Gasteiger partial charge >= 0.3 is 0 Å². The van der Waals surface area contributed by atoms with E-state index >= 15 is 0 Å². The van der Waals surface area contributed by atoms with E-state index < -0.39 is 0 Å². The van der Waals surface area contributed by atoms with Crippen molar-refractivity contribution in [3.8, 4) is 0 Å². The van der Waals surface area contributed by atoms with Crippen molar-refractivity contribution in [2.75, 3.05) is 13.1 Å². The van der Waals surface area contributed by atoms with Crippen molar-refractivity contribution < 1.29 is 5.11 Å². The molecule has 0 radical (unpaired) electrons. The largest absolute Gasteiger partial charge is 0.392 e. The van der Waals surface area contributed by atoms with Gasteiger partial charge in [-0.25, -0.2) is 0 Å². The lowest BCUT2D eigenvalue weighted by Gasteiger charge is -2.43. The fourth-order valence-electron chi connectivity index (χ4n) is 4.37. The molecule has 0 aliphatic heterocycles. The van der Waals surface area contributed by atoms with E-state index in [4.69, 9.17) is 0 Å². The number of nitrogens with zero attached hydrogens (tertiary/aromatic N) is 1. The highest BCUT2D eigenvalue weighted by atomic mass is 16.3. The van der Waals surface area contributed by atoms with Crippen LogP contribution >= 0.6 is 0 Å². The summed E-state index contributed by atoms with van der Waals surface area (Å²) in [5.74, 6) is 1.27. The molecule has 0 aromatic rings. The van der Waals surface area contributed by atoms with Crippen LogP contribution in [0.4, 0.5) is 0 Å². The first kappa shape index (κ1) is 17.3. The van der Waals surface area contributed by atoms with Crippen molar-refractivity contribution >= 4 is 0 Å². The average molecular weight is 296 g/mol. The Morgan fingerprint density at radius 1 is 1.10 bits per heavy atom. The summed E-state index contributed by atoms with van der Waals surface area (Å²) in [6.45, 7) is 11.5. The Balaban J connectivity index is 1.96. The third-order valence-corrected chi connectivity index (χ3v) is 5.95. The van der Waals surface area contributed by atoms with E-state index in [1.165, 1.54) is 57.9 Å². The predicted octanol–water partition coefficient (Wildman–Crippen LogP) is 4.46. The number of rotatable bonds is 6. The Hall–Kier alpha value is -0.0800. The minimum atomic E-state index is -0.116. The first-order chi connectivity index (χ1) is 9.90. The van der Waals surface area contributed by atoms with Gasteiger partial charge in [0.05, 0.1) is 6.10 Å². The van der Waals surface area contributed by atoms with E-state index in [1.807, 2.05) is 0 Å². The van der Waals surface area contributed by atoms with Crippen molar-refractivity contribution in [3.05, 3.63) is 0 Å². The molecule has 0 spiro atoms. The standard InChI is InChI=1S/C19H37NO/c1-15(2)11-13-20(17-9-5-6-10-17)14-16-8-7-12-19(3,4)18(16)21/h15-18,21H,5-14H2,1-4H3. The van der Waals surface area contributed by atoms with Gasteiger partial charge in [0.15, 0.2) is 0 Å². The van der Waals surface area contributed by atoms with E-state index in [0.29, 0.717) is 5.92 Å². The molecular formula is C19H37NO. The molecule has 2 unspecified atom stereocenters. The van der Waals surface area contributed by atoms with Crippen molar-refractivity contribution in [1.82, 2.24) is 4.90 Å². The van der Waals surface area contributed by atoms with Gasteiger partial charge in [0.2, 0.25) is 0 Å². The van der Waals surface area contributed by atoms with Gasteiger partial charge in [-0.1, -0.05) is 47.0 Å². The quantitative estimate of drug-likeness (QED) is 0.782. The molecule has 0 heterocycles. The van der Waals surface area contributed by atoms with Gasteiger partial charge in [0.25, 0.3) is 0 Å². The monoisotopic (exact) mass is 295 g/mol.